The van der Waals surface area contributed by atoms with Gasteiger partial charge in [-0.3, -0.25) is 10.1 Å². The van der Waals surface area contributed by atoms with E-state index in [4.69, 9.17) is 18.6 Å². The Labute approximate surface area is 215 Å². The van der Waals surface area contributed by atoms with Gasteiger partial charge in [0, 0.05) is 24.6 Å². The van der Waals surface area contributed by atoms with Crippen molar-refractivity contribution in [3.63, 3.8) is 0 Å². The van der Waals surface area contributed by atoms with Gasteiger partial charge in [-0.25, -0.2) is 8.42 Å². The van der Waals surface area contributed by atoms with Crippen LogP contribution in [0.25, 0.3) is 11.5 Å². The Morgan fingerprint density at radius 3 is 2.35 bits per heavy atom. The van der Waals surface area contributed by atoms with Gasteiger partial charge in [0.05, 0.1) is 25.2 Å². The van der Waals surface area contributed by atoms with Crippen LogP contribution in [0.1, 0.15) is 26.7 Å². The normalized spacial score (nSPS) is 14.8. The highest BCUT2D eigenvalue weighted by atomic mass is 32.2. The van der Waals surface area contributed by atoms with Crippen molar-refractivity contribution in [1.82, 2.24) is 14.5 Å². The predicted octanol–water partition coefficient (Wildman–Crippen LogP) is 3.58. The number of ether oxygens (including phenoxy) is 3. The van der Waals surface area contributed by atoms with Crippen LogP contribution in [0.4, 0.5) is 6.01 Å². The largest absolute Gasteiger partial charge is 0.497 e. The topological polar surface area (TPSA) is 133 Å². The van der Waals surface area contributed by atoms with Crippen LogP contribution in [0.3, 0.4) is 0 Å². The Hall–Kier alpha value is -3.64. The third-order valence-electron chi connectivity index (χ3n) is 5.97. The fourth-order valence-corrected chi connectivity index (χ4v) is 5.51. The van der Waals surface area contributed by atoms with Crippen molar-refractivity contribution < 1.29 is 31.8 Å². The van der Waals surface area contributed by atoms with Crippen LogP contribution in [0, 0.1) is 5.92 Å². The number of anilines is 1. The quantitative estimate of drug-likeness (QED) is 0.417. The molecule has 1 amide bonds. The highest BCUT2D eigenvalue weighted by molar-refractivity contribution is 7.89. The van der Waals surface area contributed by atoms with E-state index >= 15 is 0 Å². The van der Waals surface area contributed by atoms with E-state index in [1.807, 2.05) is 13.8 Å². The van der Waals surface area contributed by atoms with Crippen molar-refractivity contribution in [2.75, 3.05) is 38.7 Å². The van der Waals surface area contributed by atoms with Crippen LogP contribution in [0.15, 0.2) is 51.8 Å². The predicted molar refractivity (Wildman–Crippen MR) is 135 cm³/mol. The molecule has 0 radical (unpaired) electrons. The zero-order valence-electron chi connectivity index (χ0n) is 21.0. The number of rotatable bonds is 10. The summed E-state index contributed by atoms with van der Waals surface area (Å²) in [5.74, 6) is 1.30. The number of hydrogen-bond donors (Lipinski definition) is 1. The lowest BCUT2D eigenvalue weighted by molar-refractivity contribution is -0.121. The minimum absolute atomic E-state index is 0.0277. The first-order valence-electron chi connectivity index (χ1n) is 12.0. The number of amides is 1. The van der Waals surface area contributed by atoms with Gasteiger partial charge in [-0.15, -0.1) is 5.10 Å². The number of hydrogen-bond acceptors (Lipinski definition) is 9. The molecular formula is C25H30N4O7S. The van der Waals surface area contributed by atoms with Crippen molar-refractivity contribution in [1.29, 1.82) is 0 Å². The highest BCUT2D eigenvalue weighted by Gasteiger charge is 2.32. The van der Waals surface area contributed by atoms with E-state index in [9.17, 15) is 13.2 Å². The van der Waals surface area contributed by atoms with Crippen LogP contribution >= 0.6 is 0 Å². The number of benzene rings is 2. The fraction of sp³-hybridized carbons (Fsp3) is 0.400. The molecule has 1 N–H and O–H groups in total. The van der Waals surface area contributed by atoms with Gasteiger partial charge in [-0.05, 0) is 69.2 Å². The average Bonchev–Trinajstić information content (AvgIpc) is 3.38. The van der Waals surface area contributed by atoms with Crippen molar-refractivity contribution in [3.05, 3.63) is 42.5 Å². The minimum Gasteiger partial charge on any atom is -0.497 e. The third kappa shape index (κ3) is 6.03. The molecule has 11 nitrogen and oxygen atoms in total. The maximum absolute atomic E-state index is 12.9. The SMILES string of the molecule is CCOc1ccc(-c2nnc(NC(=O)C3CCN(S(=O)(=O)c4ccc(OC)cc4)CC3)o2)cc1OCC. The van der Waals surface area contributed by atoms with Crippen LogP contribution < -0.4 is 19.5 Å². The monoisotopic (exact) mass is 530 g/mol. The van der Waals surface area contributed by atoms with E-state index in [0.717, 1.165) is 0 Å². The maximum Gasteiger partial charge on any atom is 0.322 e. The van der Waals surface area contributed by atoms with E-state index in [-0.39, 0.29) is 41.7 Å². The van der Waals surface area contributed by atoms with Gasteiger partial charge in [0.1, 0.15) is 5.75 Å². The summed E-state index contributed by atoms with van der Waals surface area (Å²) in [6.07, 6.45) is 0.748. The van der Waals surface area contributed by atoms with E-state index in [1.54, 1.807) is 30.3 Å². The molecular weight excluding hydrogens is 500 g/mol. The Balaban J connectivity index is 1.36. The second-order valence-electron chi connectivity index (χ2n) is 8.28. The van der Waals surface area contributed by atoms with E-state index in [2.05, 4.69) is 15.5 Å². The second kappa shape index (κ2) is 11.6. The maximum atomic E-state index is 12.9. The molecule has 0 saturated carbocycles. The molecule has 1 aliphatic rings. The molecule has 3 aromatic rings. The number of nitrogens with one attached hydrogen (secondary N) is 1. The van der Waals surface area contributed by atoms with E-state index < -0.39 is 10.0 Å². The molecule has 1 aliphatic heterocycles. The summed E-state index contributed by atoms with van der Waals surface area (Å²) >= 11 is 0. The first-order valence-corrected chi connectivity index (χ1v) is 13.5. The number of piperidine rings is 1. The lowest BCUT2D eigenvalue weighted by Gasteiger charge is -2.30. The molecule has 1 saturated heterocycles. The zero-order valence-corrected chi connectivity index (χ0v) is 21.8. The summed E-state index contributed by atoms with van der Waals surface area (Å²) in [5.41, 5.74) is 0.622. The number of nitrogens with zero attached hydrogens (tertiary/aromatic N) is 3. The van der Waals surface area contributed by atoms with Crippen molar-refractivity contribution >= 4 is 21.9 Å². The second-order valence-corrected chi connectivity index (χ2v) is 10.2. The van der Waals surface area contributed by atoms with Gasteiger partial charge in [0.2, 0.25) is 21.8 Å². The Kier molecular flexibility index (Phi) is 8.29. The summed E-state index contributed by atoms with van der Waals surface area (Å²) in [6.45, 7) is 5.20. The number of aromatic nitrogens is 2. The number of carbonyl (C=O) groups excluding carboxylic acids is 1. The summed E-state index contributed by atoms with van der Waals surface area (Å²) in [7, 11) is -2.13. The van der Waals surface area contributed by atoms with E-state index in [0.29, 0.717) is 48.9 Å². The molecule has 37 heavy (non-hydrogen) atoms. The highest BCUT2D eigenvalue weighted by Crippen LogP contribution is 2.33. The number of carbonyl (C=O) groups is 1. The van der Waals surface area contributed by atoms with Crippen LogP contribution in [0.2, 0.25) is 0 Å². The summed E-state index contributed by atoms with van der Waals surface area (Å²) in [6, 6.07) is 11.5. The van der Waals surface area contributed by atoms with Crippen molar-refractivity contribution in [3.8, 4) is 28.7 Å². The fourth-order valence-electron chi connectivity index (χ4n) is 4.04. The van der Waals surface area contributed by atoms with E-state index in [1.165, 1.54) is 23.5 Å². The summed E-state index contributed by atoms with van der Waals surface area (Å²) in [5, 5.41) is 10.6. The minimum atomic E-state index is -3.65. The van der Waals surface area contributed by atoms with Crippen molar-refractivity contribution in [2.24, 2.45) is 5.92 Å². The van der Waals surface area contributed by atoms with Crippen LogP contribution in [-0.4, -0.2) is 62.2 Å². The molecule has 2 aromatic carbocycles. The smallest absolute Gasteiger partial charge is 0.322 e. The Morgan fingerprint density at radius 2 is 1.70 bits per heavy atom. The molecule has 0 atom stereocenters. The van der Waals surface area contributed by atoms with Gasteiger partial charge in [0.25, 0.3) is 0 Å². The van der Waals surface area contributed by atoms with Gasteiger partial charge >= 0.3 is 6.01 Å². The lowest BCUT2D eigenvalue weighted by Crippen LogP contribution is -2.41. The number of methoxy groups -OCH3 is 1. The molecule has 0 bridgehead atoms. The summed E-state index contributed by atoms with van der Waals surface area (Å²) in [4.78, 5) is 13.0. The Morgan fingerprint density at radius 1 is 1.03 bits per heavy atom. The molecule has 1 fully saturated rings. The van der Waals surface area contributed by atoms with Crippen LogP contribution in [-0.2, 0) is 14.8 Å². The standard InChI is InChI=1S/C25H30N4O7S/c1-4-34-21-11-6-18(16-22(21)35-5-2)24-27-28-25(36-24)26-23(30)17-12-14-29(15-13-17)37(31,32)20-9-7-19(33-3)8-10-20/h6-11,16-17H,4-5,12-15H2,1-3H3,(H,26,28,30). The molecule has 0 aliphatic carbocycles. The molecule has 1 aromatic heterocycles. The first kappa shape index (κ1) is 26.4. The first-order chi connectivity index (χ1) is 17.8. The summed E-state index contributed by atoms with van der Waals surface area (Å²) < 4.78 is 49.2. The van der Waals surface area contributed by atoms with Gasteiger partial charge in [-0.1, -0.05) is 5.10 Å². The Bertz CT molecular complexity index is 1320. The van der Waals surface area contributed by atoms with Gasteiger partial charge in [0.15, 0.2) is 11.5 Å². The van der Waals surface area contributed by atoms with Gasteiger partial charge < -0.3 is 18.6 Å². The molecule has 12 heteroatoms. The lowest BCUT2D eigenvalue weighted by atomic mass is 9.97. The number of sulfonamides is 1. The molecule has 0 unspecified atom stereocenters. The van der Waals surface area contributed by atoms with Gasteiger partial charge in [-0.2, -0.15) is 4.31 Å². The molecule has 0 spiro atoms. The average molecular weight is 531 g/mol. The molecule has 198 valence electrons. The molecule has 2 heterocycles. The third-order valence-corrected chi connectivity index (χ3v) is 7.88. The molecule has 4 rings (SSSR count). The van der Waals surface area contributed by atoms with Crippen molar-refractivity contribution in [2.45, 2.75) is 31.6 Å². The zero-order chi connectivity index (χ0) is 26.4. The van der Waals surface area contributed by atoms with Crippen LogP contribution in [0.5, 0.6) is 17.2 Å².